The van der Waals surface area contributed by atoms with Crippen LogP contribution in [0.5, 0.6) is 5.75 Å². The maximum atomic E-state index is 11.9. The fourth-order valence-corrected chi connectivity index (χ4v) is 1.85. The number of aryl methyl sites for hydroxylation is 1. The fraction of sp³-hybridized carbons (Fsp3) is 0.176. The molecule has 0 radical (unpaired) electrons. The van der Waals surface area contributed by atoms with Gasteiger partial charge in [0.25, 0.3) is 5.91 Å². The lowest BCUT2D eigenvalue weighted by Crippen LogP contribution is -2.24. The van der Waals surface area contributed by atoms with E-state index >= 15 is 0 Å². The summed E-state index contributed by atoms with van der Waals surface area (Å²) < 4.78 is 5.42. The predicted molar refractivity (Wildman–Crippen MR) is 89.8 cm³/mol. The number of amides is 3. The first-order valence-corrected chi connectivity index (χ1v) is 7.15. The summed E-state index contributed by atoms with van der Waals surface area (Å²) in [6, 6.07) is 14.0. The maximum absolute atomic E-state index is 11.9. The van der Waals surface area contributed by atoms with Crippen molar-refractivity contribution in [2.75, 3.05) is 24.3 Å². The van der Waals surface area contributed by atoms with Gasteiger partial charge in [-0.3, -0.25) is 4.79 Å². The summed E-state index contributed by atoms with van der Waals surface area (Å²) in [6.45, 7) is 1.90. The highest BCUT2D eigenvalue weighted by atomic mass is 16.5. The molecule has 3 amide bonds. The predicted octanol–water partition coefficient (Wildman–Crippen LogP) is 2.76. The van der Waals surface area contributed by atoms with Gasteiger partial charge < -0.3 is 20.7 Å². The van der Waals surface area contributed by atoms with Gasteiger partial charge in [-0.05, 0) is 37.3 Å². The van der Waals surface area contributed by atoms with Gasteiger partial charge in [0.05, 0.1) is 0 Å². The van der Waals surface area contributed by atoms with Crippen LogP contribution in [0.25, 0.3) is 0 Å². The third-order valence-electron chi connectivity index (χ3n) is 3.02. The van der Waals surface area contributed by atoms with Gasteiger partial charge in [0.15, 0.2) is 6.61 Å². The normalized spacial score (nSPS) is 9.83. The minimum Gasteiger partial charge on any atom is -0.484 e. The molecule has 0 heterocycles. The van der Waals surface area contributed by atoms with E-state index in [2.05, 4.69) is 16.0 Å². The second kappa shape index (κ2) is 7.84. The number of ether oxygens (including phenoxy) is 1. The van der Waals surface area contributed by atoms with E-state index in [4.69, 9.17) is 4.74 Å². The third-order valence-corrected chi connectivity index (χ3v) is 3.02. The van der Waals surface area contributed by atoms with Crippen LogP contribution in [0.15, 0.2) is 48.5 Å². The van der Waals surface area contributed by atoms with Crippen LogP contribution in [0.4, 0.5) is 16.2 Å². The van der Waals surface area contributed by atoms with Gasteiger partial charge in [-0.1, -0.05) is 23.8 Å². The van der Waals surface area contributed by atoms with Gasteiger partial charge >= 0.3 is 6.03 Å². The average molecular weight is 313 g/mol. The minimum atomic E-state index is -0.323. The van der Waals surface area contributed by atoms with Gasteiger partial charge in [0, 0.05) is 18.4 Å². The first-order chi connectivity index (χ1) is 11.1. The zero-order valence-corrected chi connectivity index (χ0v) is 13.1. The summed E-state index contributed by atoms with van der Waals surface area (Å²) in [5.74, 6) is 0.364. The topological polar surface area (TPSA) is 79.5 Å². The number of carbonyl (C=O) groups is 2. The van der Waals surface area contributed by atoms with Crippen molar-refractivity contribution >= 4 is 23.3 Å². The van der Waals surface area contributed by atoms with E-state index < -0.39 is 0 Å². The van der Waals surface area contributed by atoms with Crippen LogP contribution in [0.1, 0.15) is 5.56 Å². The SMILES string of the molecule is CNC(=O)Nc1cccc(NC(=O)COc2ccc(C)cc2)c1. The van der Waals surface area contributed by atoms with E-state index in [1.54, 1.807) is 24.3 Å². The smallest absolute Gasteiger partial charge is 0.318 e. The number of hydrogen-bond acceptors (Lipinski definition) is 3. The van der Waals surface area contributed by atoms with Crippen LogP contribution in [-0.4, -0.2) is 25.6 Å². The Balaban J connectivity index is 1.88. The lowest BCUT2D eigenvalue weighted by atomic mass is 10.2. The zero-order chi connectivity index (χ0) is 16.7. The Bertz CT molecular complexity index is 684. The zero-order valence-electron chi connectivity index (χ0n) is 13.1. The van der Waals surface area contributed by atoms with Crippen LogP contribution < -0.4 is 20.7 Å². The van der Waals surface area contributed by atoms with Gasteiger partial charge in [-0.2, -0.15) is 0 Å². The van der Waals surface area contributed by atoms with E-state index in [1.807, 2.05) is 31.2 Å². The molecule has 0 aromatic heterocycles. The largest absolute Gasteiger partial charge is 0.484 e. The molecule has 0 aliphatic carbocycles. The van der Waals surface area contributed by atoms with Gasteiger partial charge in [0.2, 0.25) is 0 Å². The minimum absolute atomic E-state index is 0.0871. The molecule has 6 nitrogen and oxygen atoms in total. The van der Waals surface area contributed by atoms with Crippen LogP contribution >= 0.6 is 0 Å². The Morgan fingerprint density at radius 1 is 1.00 bits per heavy atom. The summed E-state index contributed by atoms with van der Waals surface area (Å²) in [7, 11) is 1.53. The summed E-state index contributed by atoms with van der Waals surface area (Å²) in [6.07, 6.45) is 0. The number of urea groups is 1. The number of anilines is 2. The van der Waals surface area contributed by atoms with Crippen molar-refractivity contribution in [1.29, 1.82) is 0 Å². The van der Waals surface area contributed by atoms with E-state index in [1.165, 1.54) is 7.05 Å². The van der Waals surface area contributed by atoms with Crippen molar-refractivity contribution in [3.8, 4) is 5.75 Å². The molecule has 0 saturated heterocycles. The summed E-state index contributed by atoms with van der Waals surface area (Å²) in [5.41, 5.74) is 2.29. The number of hydrogen-bond donors (Lipinski definition) is 3. The molecule has 120 valence electrons. The molecule has 2 aromatic carbocycles. The molecule has 0 saturated carbocycles. The highest BCUT2D eigenvalue weighted by Crippen LogP contribution is 2.15. The lowest BCUT2D eigenvalue weighted by Gasteiger charge is -2.09. The highest BCUT2D eigenvalue weighted by Gasteiger charge is 2.05. The van der Waals surface area contributed by atoms with E-state index in [9.17, 15) is 9.59 Å². The fourth-order valence-electron chi connectivity index (χ4n) is 1.85. The molecule has 2 aromatic rings. The molecule has 6 heteroatoms. The van der Waals surface area contributed by atoms with Crippen molar-refractivity contribution in [3.63, 3.8) is 0 Å². The molecular formula is C17H19N3O3. The Morgan fingerprint density at radius 2 is 1.65 bits per heavy atom. The number of nitrogens with one attached hydrogen (secondary N) is 3. The van der Waals surface area contributed by atoms with Crippen LogP contribution in [0.3, 0.4) is 0 Å². The molecule has 0 aliphatic rings. The van der Waals surface area contributed by atoms with Crippen molar-refractivity contribution in [1.82, 2.24) is 5.32 Å². The molecule has 23 heavy (non-hydrogen) atoms. The molecule has 0 bridgehead atoms. The number of benzene rings is 2. The number of rotatable bonds is 5. The second-order valence-corrected chi connectivity index (χ2v) is 4.93. The second-order valence-electron chi connectivity index (χ2n) is 4.93. The Labute approximate surface area is 134 Å². The van der Waals surface area contributed by atoms with E-state index in [0.717, 1.165) is 5.56 Å². The first kappa shape index (κ1) is 16.4. The quantitative estimate of drug-likeness (QED) is 0.794. The van der Waals surface area contributed by atoms with Crippen molar-refractivity contribution < 1.29 is 14.3 Å². The van der Waals surface area contributed by atoms with Gasteiger partial charge in [-0.25, -0.2) is 4.79 Å². The highest BCUT2D eigenvalue weighted by molar-refractivity contribution is 5.94. The van der Waals surface area contributed by atoms with Crippen LogP contribution in [0.2, 0.25) is 0 Å². The molecular weight excluding hydrogens is 294 g/mol. The average Bonchev–Trinajstić information content (AvgIpc) is 2.54. The van der Waals surface area contributed by atoms with Crippen LogP contribution in [0, 0.1) is 6.92 Å². The van der Waals surface area contributed by atoms with Gasteiger partial charge in [-0.15, -0.1) is 0 Å². The number of carbonyl (C=O) groups excluding carboxylic acids is 2. The van der Waals surface area contributed by atoms with Crippen molar-refractivity contribution in [3.05, 3.63) is 54.1 Å². The van der Waals surface area contributed by atoms with Gasteiger partial charge in [0.1, 0.15) is 5.75 Å². The van der Waals surface area contributed by atoms with Crippen molar-refractivity contribution in [2.45, 2.75) is 6.92 Å². The summed E-state index contributed by atoms with van der Waals surface area (Å²) in [4.78, 5) is 23.2. The summed E-state index contributed by atoms with van der Waals surface area (Å²) in [5, 5.41) is 7.81. The Kier molecular flexibility index (Phi) is 5.57. The first-order valence-electron chi connectivity index (χ1n) is 7.15. The maximum Gasteiger partial charge on any atom is 0.318 e. The molecule has 0 aliphatic heterocycles. The standard InChI is InChI=1S/C17H19N3O3/c1-12-6-8-15(9-7-12)23-11-16(21)19-13-4-3-5-14(10-13)20-17(22)18-2/h3-10H,11H2,1-2H3,(H,19,21)(H2,18,20,22). The molecule has 0 unspecified atom stereocenters. The lowest BCUT2D eigenvalue weighted by molar-refractivity contribution is -0.118. The molecule has 0 fully saturated rings. The van der Waals surface area contributed by atoms with Crippen LogP contribution in [-0.2, 0) is 4.79 Å². The molecule has 0 spiro atoms. The van der Waals surface area contributed by atoms with Crippen molar-refractivity contribution in [2.24, 2.45) is 0 Å². The molecule has 2 rings (SSSR count). The monoisotopic (exact) mass is 313 g/mol. The molecule has 0 atom stereocenters. The van der Waals surface area contributed by atoms with E-state index in [0.29, 0.717) is 17.1 Å². The molecule has 3 N–H and O–H groups in total. The van der Waals surface area contributed by atoms with E-state index in [-0.39, 0.29) is 18.5 Å². The Hall–Kier alpha value is -3.02. The summed E-state index contributed by atoms with van der Waals surface area (Å²) >= 11 is 0. The third kappa shape index (κ3) is 5.35. The Morgan fingerprint density at radius 3 is 2.30 bits per heavy atom.